The predicted molar refractivity (Wildman–Crippen MR) is 50.5 cm³/mol. The molecular weight excluding hydrogens is 186 g/mol. The fraction of sp³-hybridized carbons (Fsp3) is 0.778. The SMILES string of the molecule is CCOC(=O)C(=O)NCC(C)(C)CO. The van der Waals surface area contributed by atoms with Gasteiger partial charge in [0.2, 0.25) is 0 Å². The molecule has 1 amide bonds. The van der Waals surface area contributed by atoms with Gasteiger partial charge < -0.3 is 15.2 Å². The molecule has 82 valence electrons. The summed E-state index contributed by atoms with van der Waals surface area (Å²) in [6, 6.07) is 0. The number of aliphatic hydroxyl groups is 1. The molecular formula is C9H17NO4. The summed E-state index contributed by atoms with van der Waals surface area (Å²) in [5.41, 5.74) is -0.428. The van der Waals surface area contributed by atoms with E-state index in [0.717, 1.165) is 0 Å². The molecule has 0 atom stereocenters. The Balaban J connectivity index is 3.91. The highest BCUT2D eigenvalue weighted by Crippen LogP contribution is 2.10. The number of nitrogens with one attached hydrogen (secondary N) is 1. The van der Waals surface area contributed by atoms with Crippen molar-refractivity contribution in [1.29, 1.82) is 0 Å². The molecule has 14 heavy (non-hydrogen) atoms. The molecule has 0 heterocycles. The van der Waals surface area contributed by atoms with Gasteiger partial charge in [0.15, 0.2) is 0 Å². The van der Waals surface area contributed by atoms with Gasteiger partial charge in [-0.15, -0.1) is 0 Å². The molecule has 0 saturated heterocycles. The lowest BCUT2D eigenvalue weighted by molar-refractivity contribution is -0.154. The number of hydrogen-bond donors (Lipinski definition) is 2. The van der Waals surface area contributed by atoms with Crippen LogP contribution in [0.3, 0.4) is 0 Å². The van der Waals surface area contributed by atoms with E-state index in [2.05, 4.69) is 10.1 Å². The smallest absolute Gasteiger partial charge is 0.396 e. The van der Waals surface area contributed by atoms with Crippen molar-refractivity contribution in [3.05, 3.63) is 0 Å². The van der Waals surface area contributed by atoms with Crippen LogP contribution in [0.2, 0.25) is 0 Å². The fourth-order valence-electron chi connectivity index (χ4n) is 0.644. The molecule has 0 saturated carbocycles. The molecule has 0 aliphatic rings. The number of ether oxygens (including phenoxy) is 1. The van der Waals surface area contributed by atoms with Crippen molar-refractivity contribution in [2.75, 3.05) is 19.8 Å². The highest BCUT2D eigenvalue weighted by atomic mass is 16.5. The molecule has 5 heteroatoms. The Labute approximate surface area is 83.4 Å². The summed E-state index contributed by atoms with van der Waals surface area (Å²) >= 11 is 0. The summed E-state index contributed by atoms with van der Waals surface area (Å²) in [5, 5.41) is 11.3. The van der Waals surface area contributed by atoms with Crippen molar-refractivity contribution in [2.24, 2.45) is 5.41 Å². The zero-order valence-electron chi connectivity index (χ0n) is 8.79. The van der Waals surface area contributed by atoms with Crippen molar-refractivity contribution in [1.82, 2.24) is 5.32 Å². The molecule has 0 aliphatic carbocycles. The second-order valence-corrected chi connectivity index (χ2v) is 3.73. The van der Waals surface area contributed by atoms with E-state index in [9.17, 15) is 9.59 Å². The predicted octanol–water partition coefficient (Wildman–Crippen LogP) is -0.316. The van der Waals surface area contributed by atoms with Crippen molar-refractivity contribution >= 4 is 11.9 Å². The van der Waals surface area contributed by atoms with Gasteiger partial charge in [-0.1, -0.05) is 13.8 Å². The highest BCUT2D eigenvalue weighted by Gasteiger charge is 2.20. The largest absolute Gasteiger partial charge is 0.459 e. The minimum atomic E-state index is -0.888. The first kappa shape index (κ1) is 12.9. The van der Waals surface area contributed by atoms with Crippen LogP contribution in [-0.4, -0.2) is 36.7 Å². The topological polar surface area (TPSA) is 75.6 Å². The molecule has 0 aromatic heterocycles. The van der Waals surface area contributed by atoms with Crippen molar-refractivity contribution < 1.29 is 19.4 Å². The first-order valence-electron chi connectivity index (χ1n) is 4.49. The number of rotatable bonds is 4. The standard InChI is InChI=1S/C9H17NO4/c1-4-14-8(13)7(12)10-5-9(2,3)6-11/h11H,4-6H2,1-3H3,(H,10,12). The van der Waals surface area contributed by atoms with Gasteiger partial charge in [-0.3, -0.25) is 4.79 Å². The van der Waals surface area contributed by atoms with E-state index in [0.29, 0.717) is 0 Å². The summed E-state index contributed by atoms with van der Waals surface area (Å²) in [6.07, 6.45) is 0. The Hall–Kier alpha value is -1.10. The zero-order valence-corrected chi connectivity index (χ0v) is 8.79. The van der Waals surface area contributed by atoms with Crippen LogP contribution in [0.1, 0.15) is 20.8 Å². The van der Waals surface area contributed by atoms with Gasteiger partial charge in [0.1, 0.15) is 0 Å². The Morgan fingerprint density at radius 1 is 1.43 bits per heavy atom. The van der Waals surface area contributed by atoms with Gasteiger partial charge in [0.05, 0.1) is 6.61 Å². The van der Waals surface area contributed by atoms with Crippen molar-refractivity contribution in [3.8, 4) is 0 Å². The second kappa shape index (κ2) is 5.59. The van der Waals surface area contributed by atoms with Crippen LogP contribution in [-0.2, 0) is 14.3 Å². The summed E-state index contributed by atoms with van der Waals surface area (Å²) in [5.74, 6) is -1.66. The summed E-state index contributed by atoms with van der Waals surface area (Å²) in [7, 11) is 0. The van der Waals surface area contributed by atoms with Gasteiger partial charge in [0.25, 0.3) is 0 Å². The quantitative estimate of drug-likeness (QED) is 0.485. The number of aliphatic hydroxyl groups excluding tert-OH is 1. The monoisotopic (exact) mass is 203 g/mol. The number of carbonyl (C=O) groups is 2. The lowest BCUT2D eigenvalue weighted by Crippen LogP contribution is -2.40. The average molecular weight is 203 g/mol. The maximum absolute atomic E-state index is 11.0. The summed E-state index contributed by atoms with van der Waals surface area (Å²) in [4.78, 5) is 21.9. The Morgan fingerprint density at radius 2 is 2.00 bits per heavy atom. The van der Waals surface area contributed by atoms with Crippen molar-refractivity contribution in [2.45, 2.75) is 20.8 Å². The molecule has 2 N–H and O–H groups in total. The first-order chi connectivity index (χ1) is 6.43. The number of carbonyl (C=O) groups excluding carboxylic acids is 2. The maximum atomic E-state index is 11.0. The lowest BCUT2D eigenvalue weighted by Gasteiger charge is -2.21. The number of esters is 1. The summed E-state index contributed by atoms with van der Waals surface area (Å²) < 4.78 is 4.49. The van der Waals surface area contributed by atoms with Crippen LogP contribution in [0.4, 0.5) is 0 Å². The molecule has 0 bridgehead atoms. The van der Waals surface area contributed by atoms with E-state index in [1.54, 1.807) is 20.8 Å². The Bertz CT molecular complexity index is 213. The van der Waals surface area contributed by atoms with Crippen molar-refractivity contribution in [3.63, 3.8) is 0 Å². The van der Waals surface area contributed by atoms with Gasteiger partial charge in [0, 0.05) is 18.6 Å². The van der Waals surface area contributed by atoms with Crippen LogP contribution >= 0.6 is 0 Å². The molecule has 0 fully saturated rings. The number of hydrogen-bond acceptors (Lipinski definition) is 4. The molecule has 0 spiro atoms. The Morgan fingerprint density at radius 3 is 2.43 bits per heavy atom. The van der Waals surface area contributed by atoms with E-state index in [1.807, 2.05) is 0 Å². The molecule has 0 aromatic rings. The maximum Gasteiger partial charge on any atom is 0.396 e. The fourth-order valence-corrected chi connectivity index (χ4v) is 0.644. The van der Waals surface area contributed by atoms with Crippen LogP contribution in [0, 0.1) is 5.41 Å². The van der Waals surface area contributed by atoms with Crippen LogP contribution in [0.15, 0.2) is 0 Å². The highest BCUT2D eigenvalue weighted by molar-refractivity contribution is 6.32. The molecule has 5 nitrogen and oxygen atoms in total. The van der Waals surface area contributed by atoms with Crippen LogP contribution < -0.4 is 5.32 Å². The molecule has 0 rings (SSSR count). The first-order valence-corrected chi connectivity index (χ1v) is 4.49. The van der Waals surface area contributed by atoms with E-state index < -0.39 is 17.3 Å². The second-order valence-electron chi connectivity index (χ2n) is 3.73. The summed E-state index contributed by atoms with van der Waals surface area (Å²) in [6.45, 7) is 5.53. The third-order valence-corrected chi connectivity index (χ3v) is 1.62. The third kappa shape index (κ3) is 4.81. The van der Waals surface area contributed by atoms with Gasteiger partial charge >= 0.3 is 11.9 Å². The minimum Gasteiger partial charge on any atom is -0.459 e. The molecule has 0 radical (unpaired) electrons. The van der Waals surface area contributed by atoms with Gasteiger partial charge in [-0.2, -0.15) is 0 Å². The third-order valence-electron chi connectivity index (χ3n) is 1.62. The molecule has 0 unspecified atom stereocenters. The zero-order chi connectivity index (χ0) is 11.2. The van der Waals surface area contributed by atoms with E-state index >= 15 is 0 Å². The molecule has 0 aromatic carbocycles. The van der Waals surface area contributed by atoms with E-state index in [4.69, 9.17) is 5.11 Å². The normalized spacial score (nSPS) is 10.9. The van der Waals surface area contributed by atoms with Gasteiger partial charge in [-0.05, 0) is 6.92 Å². The van der Waals surface area contributed by atoms with Crippen LogP contribution in [0.25, 0.3) is 0 Å². The lowest BCUT2D eigenvalue weighted by atomic mass is 9.95. The Kier molecular flexibility index (Phi) is 5.15. The van der Waals surface area contributed by atoms with E-state index in [-0.39, 0.29) is 19.8 Å². The molecule has 0 aliphatic heterocycles. The minimum absolute atomic E-state index is 0.0594. The van der Waals surface area contributed by atoms with E-state index in [1.165, 1.54) is 0 Å². The number of amides is 1. The average Bonchev–Trinajstić information content (AvgIpc) is 2.15. The van der Waals surface area contributed by atoms with Crippen LogP contribution in [0.5, 0.6) is 0 Å². The van der Waals surface area contributed by atoms with Gasteiger partial charge in [-0.25, -0.2) is 4.79 Å².